The van der Waals surface area contributed by atoms with Crippen molar-refractivity contribution in [3.8, 4) is 12.0 Å². The number of hydrogen-bond acceptors (Lipinski definition) is 2. The number of hydrogen-bond donors (Lipinski definition) is 1. The average Bonchev–Trinajstić information content (AvgIpc) is 2.75. The highest BCUT2D eigenvalue weighted by atomic mass is 16.1. The number of unbranched alkanes of at least 4 members (excludes halogenated alkanes) is 1. The van der Waals surface area contributed by atoms with E-state index in [0.29, 0.717) is 6.04 Å². The summed E-state index contributed by atoms with van der Waals surface area (Å²) in [5.74, 6) is 3.30. The zero-order chi connectivity index (χ0) is 10.9. The van der Waals surface area contributed by atoms with E-state index in [4.69, 9.17) is 0 Å². The van der Waals surface area contributed by atoms with Crippen molar-refractivity contribution in [3.63, 3.8) is 0 Å². The predicted molar refractivity (Wildman–Crippen MR) is 62.2 cm³/mol. The van der Waals surface area contributed by atoms with Crippen LogP contribution < -0.4 is 5.32 Å². The molecule has 0 saturated heterocycles. The molecule has 1 N–H and O–H groups in total. The Morgan fingerprint density at radius 3 is 2.87 bits per heavy atom. The Hall–Kier alpha value is -0.970. The molecule has 0 heterocycles. The van der Waals surface area contributed by atoms with Gasteiger partial charge in [0.15, 0.2) is 0 Å². The summed E-state index contributed by atoms with van der Waals surface area (Å²) in [6.45, 7) is 1.96. The van der Waals surface area contributed by atoms with E-state index in [-0.39, 0.29) is 5.92 Å². The van der Waals surface area contributed by atoms with Gasteiger partial charge in [-0.1, -0.05) is 25.7 Å². The largest absolute Gasteiger partial charge is 0.343 e. The minimum absolute atomic E-state index is 0.189. The predicted octanol–water partition coefficient (Wildman–Crippen LogP) is 2.48. The molecule has 0 bridgehead atoms. The molecule has 1 saturated carbocycles. The quantitative estimate of drug-likeness (QED) is 0.325. The second-order valence-corrected chi connectivity index (χ2v) is 4.43. The summed E-state index contributed by atoms with van der Waals surface area (Å²) in [5.41, 5.74) is 0. The number of nitrogens with one attached hydrogen (secondary N) is 1. The van der Waals surface area contributed by atoms with Crippen molar-refractivity contribution in [2.24, 2.45) is 5.92 Å². The van der Waals surface area contributed by atoms with Crippen LogP contribution in [0, 0.1) is 17.9 Å². The molecule has 0 spiro atoms. The average molecular weight is 207 g/mol. The summed E-state index contributed by atoms with van der Waals surface area (Å²) in [4.78, 5) is 10.4. The second kappa shape index (κ2) is 7.34. The van der Waals surface area contributed by atoms with Crippen LogP contribution >= 0.6 is 0 Å². The van der Waals surface area contributed by atoms with Crippen LogP contribution in [0.2, 0.25) is 0 Å². The van der Waals surface area contributed by atoms with Gasteiger partial charge in [-0.2, -0.15) is 0 Å². The van der Waals surface area contributed by atoms with Crippen molar-refractivity contribution >= 4 is 6.29 Å². The van der Waals surface area contributed by atoms with E-state index in [1.165, 1.54) is 25.7 Å². The van der Waals surface area contributed by atoms with Crippen molar-refractivity contribution in [1.82, 2.24) is 5.32 Å². The summed E-state index contributed by atoms with van der Waals surface area (Å²) in [6.07, 6.45) is 9.14. The van der Waals surface area contributed by atoms with Gasteiger partial charge in [0.1, 0.15) is 6.29 Å². The van der Waals surface area contributed by atoms with E-state index < -0.39 is 0 Å². The third-order valence-electron chi connectivity index (χ3n) is 2.91. The highest BCUT2D eigenvalue weighted by Gasteiger charge is 2.12. The van der Waals surface area contributed by atoms with E-state index in [9.17, 15) is 4.79 Å². The van der Waals surface area contributed by atoms with Crippen LogP contribution in [0.5, 0.6) is 0 Å². The molecule has 1 aliphatic carbocycles. The normalized spacial score (nSPS) is 17.9. The van der Waals surface area contributed by atoms with Crippen molar-refractivity contribution in [2.45, 2.75) is 57.9 Å². The SMILES string of the molecule is CC(C=O)CCCC#CNC1CCCC1. The minimum Gasteiger partial charge on any atom is -0.343 e. The topological polar surface area (TPSA) is 29.1 Å². The summed E-state index contributed by atoms with van der Waals surface area (Å²) in [6, 6.07) is 3.66. The van der Waals surface area contributed by atoms with Gasteiger partial charge in [0.25, 0.3) is 0 Å². The Morgan fingerprint density at radius 2 is 2.20 bits per heavy atom. The van der Waals surface area contributed by atoms with E-state index in [1.54, 1.807) is 0 Å². The lowest BCUT2D eigenvalue weighted by molar-refractivity contribution is -0.110. The van der Waals surface area contributed by atoms with Crippen molar-refractivity contribution in [1.29, 1.82) is 0 Å². The first-order valence-corrected chi connectivity index (χ1v) is 6.01. The van der Waals surface area contributed by atoms with Gasteiger partial charge in [-0.15, -0.1) is 0 Å². The van der Waals surface area contributed by atoms with Crippen LogP contribution in [0.4, 0.5) is 0 Å². The van der Waals surface area contributed by atoms with Crippen molar-refractivity contribution in [3.05, 3.63) is 0 Å². The minimum atomic E-state index is 0.189. The molecule has 1 unspecified atom stereocenters. The van der Waals surface area contributed by atoms with Gasteiger partial charge in [-0.3, -0.25) is 0 Å². The van der Waals surface area contributed by atoms with Crippen LogP contribution in [-0.2, 0) is 4.79 Å². The second-order valence-electron chi connectivity index (χ2n) is 4.43. The lowest BCUT2D eigenvalue weighted by atomic mass is 10.1. The molecule has 0 aromatic rings. The monoisotopic (exact) mass is 207 g/mol. The van der Waals surface area contributed by atoms with Gasteiger partial charge in [-0.25, -0.2) is 0 Å². The molecular formula is C13H21NO. The van der Waals surface area contributed by atoms with E-state index in [0.717, 1.165) is 25.5 Å². The summed E-state index contributed by atoms with van der Waals surface area (Å²) in [5, 5.41) is 3.25. The fourth-order valence-corrected chi connectivity index (χ4v) is 1.87. The van der Waals surface area contributed by atoms with Crippen LogP contribution in [0.25, 0.3) is 0 Å². The lowest BCUT2D eigenvalue weighted by Crippen LogP contribution is -2.20. The number of aldehydes is 1. The Kier molecular flexibility index (Phi) is 5.92. The van der Waals surface area contributed by atoms with Gasteiger partial charge < -0.3 is 10.1 Å². The number of carbonyl (C=O) groups excluding carboxylic acids is 1. The Balaban J connectivity index is 1.98. The molecule has 15 heavy (non-hydrogen) atoms. The fourth-order valence-electron chi connectivity index (χ4n) is 1.87. The third-order valence-corrected chi connectivity index (χ3v) is 2.91. The van der Waals surface area contributed by atoms with E-state index >= 15 is 0 Å². The first-order chi connectivity index (χ1) is 7.33. The molecule has 1 atom stereocenters. The van der Waals surface area contributed by atoms with Crippen molar-refractivity contribution < 1.29 is 4.79 Å². The van der Waals surface area contributed by atoms with Crippen LogP contribution in [0.15, 0.2) is 0 Å². The highest BCUT2D eigenvalue weighted by molar-refractivity contribution is 5.52. The maximum Gasteiger partial charge on any atom is 0.122 e. The Bertz CT molecular complexity index is 233. The maximum absolute atomic E-state index is 10.4. The standard InChI is InChI=1S/C13H21NO/c1-12(11-15)7-3-2-6-10-14-13-8-4-5-9-13/h11-14H,2-5,7-9H2,1H3. The van der Waals surface area contributed by atoms with Gasteiger partial charge in [0.2, 0.25) is 0 Å². The Labute approximate surface area is 92.8 Å². The molecule has 2 heteroatoms. The molecule has 1 fully saturated rings. The van der Waals surface area contributed by atoms with E-state index in [2.05, 4.69) is 17.3 Å². The first-order valence-electron chi connectivity index (χ1n) is 6.01. The molecule has 1 rings (SSSR count). The molecule has 1 aliphatic rings. The molecule has 2 nitrogen and oxygen atoms in total. The summed E-state index contributed by atoms with van der Waals surface area (Å²) in [7, 11) is 0. The fraction of sp³-hybridized carbons (Fsp3) is 0.769. The lowest BCUT2D eigenvalue weighted by Gasteiger charge is -2.04. The van der Waals surface area contributed by atoms with Crippen LogP contribution in [0.3, 0.4) is 0 Å². The summed E-state index contributed by atoms with van der Waals surface area (Å²) < 4.78 is 0. The van der Waals surface area contributed by atoms with Gasteiger partial charge in [0, 0.05) is 24.4 Å². The molecule has 0 aromatic heterocycles. The summed E-state index contributed by atoms with van der Waals surface area (Å²) >= 11 is 0. The smallest absolute Gasteiger partial charge is 0.122 e. The Morgan fingerprint density at radius 1 is 1.47 bits per heavy atom. The molecule has 0 radical (unpaired) electrons. The molecule has 0 aromatic carbocycles. The maximum atomic E-state index is 10.4. The van der Waals surface area contributed by atoms with Gasteiger partial charge in [-0.05, 0) is 25.7 Å². The number of rotatable bonds is 5. The third kappa shape index (κ3) is 5.47. The zero-order valence-electron chi connectivity index (χ0n) is 9.59. The molecular weight excluding hydrogens is 186 g/mol. The first kappa shape index (κ1) is 12.1. The van der Waals surface area contributed by atoms with E-state index in [1.807, 2.05) is 6.92 Å². The van der Waals surface area contributed by atoms with Gasteiger partial charge >= 0.3 is 0 Å². The van der Waals surface area contributed by atoms with Crippen LogP contribution in [-0.4, -0.2) is 12.3 Å². The van der Waals surface area contributed by atoms with Crippen molar-refractivity contribution in [2.75, 3.05) is 0 Å². The number of carbonyl (C=O) groups is 1. The molecule has 0 aliphatic heterocycles. The molecule has 84 valence electrons. The van der Waals surface area contributed by atoms with Crippen LogP contribution in [0.1, 0.15) is 51.9 Å². The van der Waals surface area contributed by atoms with Gasteiger partial charge in [0.05, 0.1) is 0 Å². The zero-order valence-corrected chi connectivity index (χ0v) is 9.59. The molecule has 0 amide bonds. The highest BCUT2D eigenvalue weighted by Crippen LogP contribution is 2.16.